The van der Waals surface area contributed by atoms with Crippen LogP contribution in [0.4, 0.5) is 0 Å². The van der Waals surface area contributed by atoms with E-state index >= 15 is 0 Å². The van der Waals surface area contributed by atoms with Gasteiger partial charge in [-0.15, -0.1) is 0 Å². The molecular weight excluding hydrogens is 767 g/mol. The molecule has 9 aromatic rings. The lowest BCUT2D eigenvalue weighted by Gasteiger charge is -2.19. The highest BCUT2D eigenvalue weighted by Gasteiger charge is 2.24. The van der Waals surface area contributed by atoms with Crippen LogP contribution >= 0.6 is 0 Å². The van der Waals surface area contributed by atoms with E-state index in [4.69, 9.17) is 21.4 Å². The minimum atomic E-state index is -3.89. The van der Waals surface area contributed by atoms with Crippen molar-refractivity contribution in [3.63, 3.8) is 0 Å². The Balaban J connectivity index is 1.32. The number of rotatable bonds is 9. The van der Waals surface area contributed by atoms with Crippen molar-refractivity contribution in [3.05, 3.63) is 192 Å². The molecule has 0 amide bonds. The van der Waals surface area contributed by atoms with Crippen molar-refractivity contribution >= 4 is 11.0 Å². The molecule has 4 heteroatoms. The quantitative estimate of drug-likeness (QED) is 0.158. The van der Waals surface area contributed by atoms with Crippen LogP contribution in [0.3, 0.4) is 0 Å². The van der Waals surface area contributed by atoms with E-state index in [0.717, 1.165) is 45.3 Å². The smallest absolute Gasteiger partial charge is 0.149 e. The number of aryl methyl sites for hydroxylation is 1. The van der Waals surface area contributed by atoms with Crippen molar-refractivity contribution in [2.75, 3.05) is 0 Å². The first kappa shape index (κ1) is 27.1. The number of nitrogens with zero attached hydrogens (tertiary/aromatic N) is 3. The molecule has 312 valence electrons. The van der Waals surface area contributed by atoms with Crippen LogP contribution in [0.5, 0.6) is 5.75 Å². The van der Waals surface area contributed by atoms with Crippen LogP contribution < -0.4 is 0 Å². The van der Waals surface area contributed by atoms with E-state index in [1.54, 1.807) is 12.1 Å². The second-order valence-electron chi connectivity index (χ2n) is 16.6. The summed E-state index contributed by atoms with van der Waals surface area (Å²) in [6.45, 7) is -1.36. The number of hydrogen-bond acceptors (Lipinski definition) is 3. The van der Waals surface area contributed by atoms with Gasteiger partial charge in [0.1, 0.15) is 11.6 Å². The first-order valence-electron chi connectivity index (χ1n) is 28.4. The zero-order valence-electron chi connectivity index (χ0n) is 50.6. The number of hydrogen-bond donors (Lipinski definition) is 1. The van der Waals surface area contributed by atoms with E-state index in [0.29, 0.717) is 44.7 Å². The number of phenolic OH excluding ortho intramolecular Hbond substituents is 1. The lowest BCUT2D eigenvalue weighted by molar-refractivity contribution is 0.466. The average Bonchev–Trinajstić information content (AvgIpc) is 3.16. The number of phenols is 1. The predicted molar refractivity (Wildman–Crippen MR) is 265 cm³/mol. The van der Waals surface area contributed by atoms with Crippen LogP contribution in [0.2, 0.25) is 0 Å². The maximum atomic E-state index is 12.3. The number of aromatic nitrogens is 3. The molecule has 63 heavy (non-hydrogen) atoms. The van der Waals surface area contributed by atoms with E-state index in [2.05, 4.69) is 53.7 Å². The number of fused-ring (bicyclic) bond motifs is 1. The lowest BCUT2D eigenvalue weighted by Crippen LogP contribution is -2.10. The zero-order valence-corrected chi connectivity index (χ0v) is 35.6. The maximum Gasteiger partial charge on any atom is 0.149 e. The molecule has 0 saturated carbocycles. The van der Waals surface area contributed by atoms with Gasteiger partial charge in [0.05, 0.1) is 30.5 Å². The third kappa shape index (κ3) is 8.22. The molecule has 0 bridgehead atoms. The van der Waals surface area contributed by atoms with Gasteiger partial charge in [-0.3, -0.25) is 9.55 Å². The highest BCUT2D eigenvalue weighted by molar-refractivity contribution is 5.98. The largest absolute Gasteiger partial charge is 0.507 e. The summed E-state index contributed by atoms with van der Waals surface area (Å²) in [6.07, 6.45) is 1.08. The first-order valence-corrected chi connectivity index (χ1v) is 20.9. The molecule has 0 spiro atoms. The fourth-order valence-corrected chi connectivity index (χ4v) is 8.06. The Morgan fingerprint density at radius 1 is 0.603 bits per heavy atom. The van der Waals surface area contributed by atoms with Crippen LogP contribution in [0.15, 0.2) is 170 Å². The zero-order chi connectivity index (χ0) is 56.7. The van der Waals surface area contributed by atoms with E-state index in [1.165, 1.54) is 0 Å². The minimum absolute atomic E-state index is 0.0228. The summed E-state index contributed by atoms with van der Waals surface area (Å²) in [5.74, 6) is 0.700. The average molecular weight is 837 g/mol. The SMILES string of the molecule is [2H]c1cnc(-c2cc(-c3ccccc3)cc(-c3cccc4c3nc(-c3cc(C(C)C)cc(C(C)C)c3O)n4-c3cc(C)cc(-c4ccccc4)c3)c2)c([2H])c1-c1c([2H])c([2H])c(C(C([2H])([2H])[2H])(C([2H])([2H])[2H])C([2H])([2H])[2H])c([2H])c1[2H]. The predicted octanol–water partition coefficient (Wildman–Crippen LogP) is 16.0. The summed E-state index contributed by atoms with van der Waals surface area (Å²) >= 11 is 0. The van der Waals surface area contributed by atoms with Crippen LogP contribution in [-0.2, 0) is 5.41 Å². The van der Waals surface area contributed by atoms with E-state index in [1.807, 2.05) is 106 Å². The van der Waals surface area contributed by atoms with E-state index in [-0.39, 0.29) is 23.3 Å². The summed E-state index contributed by atoms with van der Waals surface area (Å²) in [6, 6.07) is 35.6. The molecule has 7 aromatic carbocycles. The topological polar surface area (TPSA) is 50.9 Å². The second kappa shape index (κ2) is 16.7. The van der Waals surface area contributed by atoms with Gasteiger partial charge in [0.2, 0.25) is 0 Å². The van der Waals surface area contributed by atoms with Crippen molar-refractivity contribution in [2.45, 2.75) is 72.4 Å². The molecule has 0 aliphatic carbocycles. The Hall–Kier alpha value is -7.04. The number of benzene rings is 7. The molecule has 0 aliphatic rings. The van der Waals surface area contributed by atoms with Crippen molar-refractivity contribution < 1.29 is 25.7 Å². The van der Waals surface area contributed by atoms with Crippen LogP contribution in [0, 0.1) is 6.92 Å². The number of imidazole rings is 1. The third-order valence-corrected chi connectivity index (χ3v) is 11.3. The monoisotopic (exact) mass is 837 g/mol. The molecule has 2 aromatic heterocycles. The molecule has 0 fully saturated rings. The molecule has 1 N–H and O–H groups in total. The molecule has 0 unspecified atom stereocenters. The van der Waals surface area contributed by atoms with E-state index in [9.17, 15) is 9.22 Å². The molecule has 9 rings (SSSR count). The number of aromatic hydroxyl groups is 1. The fraction of sp³-hybridized carbons (Fsp3) is 0.186. The molecule has 0 aliphatic heterocycles. The van der Waals surface area contributed by atoms with Gasteiger partial charge in [0.15, 0.2) is 0 Å². The Morgan fingerprint density at radius 3 is 1.94 bits per heavy atom. The lowest BCUT2D eigenvalue weighted by atomic mass is 9.86. The highest BCUT2D eigenvalue weighted by atomic mass is 16.3. The Kier molecular flexibility index (Phi) is 7.18. The Labute approximate surface area is 393 Å². The molecule has 4 nitrogen and oxygen atoms in total. The maximum absolute atomic E-state index is 12.3. The van der Waals surface area contributed by atoms with Gasteiger partial charge in [-0.25, -0.2) is 4.98 Å². The Bertz CT molecular complexity index is 3740. The van der Waals surface area contributed by atoms with Gasteiger partial charge in [-0.05, 0) is 140 Å². The van der Waals surface area contributed by atoms with Crippen molar-refractivity contribution in [3.8, 4) is 78.6 Å². The number of para-hydroxylation sites is 1. The van der Waals surface area contributed by atoms with Crippen LogP contribution in [0.25, 0.3) is 83.9 Å². The van der Waals surface area contributed by atoms with Gasteiger partial charge in [0, 0.05) is 35.3 Å². The van der Waals surface area contributed by atoms with Gasteiger partial charge < -0.3 is 5.11 Å². The summed E-state index contributed by atoms with van der Waals surface area (Å²) in [7, 11) is 0. The van der Waals surface area contributed by atoms with Gasteiger partial charge in [-0.1, -0.05) is 157 Å². The second-order valence-corrected chi connectivity index (χ2v) is 16.6. The first-order chi connectivity index (χ1) is 36.6. The summed E-state index contributed by atoms with van der Waals surface area (Å²) in [5.41, 5.74) is 4.13. The fourth-order valence-electron chi connectivity index (χ4n) is 8.06. The van der Waals surface area contributed by atoms with Crippen molar-refractivity contribution in [1.29, 1.82) is 0 Å². The molecule has 0 saturated heterocycles. The highest BCUT2D eigenvalue weighted by Crippen LogP contribution is 2.44. The summed E-state index contributed by atoms with van der Waals surface area (Å²) in [4.78, 5) is 10.0. The summed E-state index contributed by atoms with van der Waals surface area (Å²) in [5, 5.41) is 12.3. The summed E-state index contributed by atoms with van der Waals surface area (Å²) < 4.78 is 132. The van der Waals surface area contributed by atoms with Crippen LogP contribution in [-0.4, -0.2) is 19.6 Å². The van der Waals surface area contributed by atoms with Crippen LogP contribution in [0.1, 0.15) is 103 Å². The van der Waals surface area contributed by atoms with E-state index < -0.39 is 78.9 Å². The Morgan fingerprint density at radius 2 is 1.27 bits per heavy atom. The molecular formula is C59H55N3O. The van der Waals surface area contributed by atoms with Gasteiger partial charge >= 0.3 is 0 Å². The van der Waals surface area contributed by atoms with Gasteiger partial charge in [-0.2, -0.15) is 0 Å². The van der Waals surface area contributed by atoms with Crippen molar-refractivity contribution in [2.24, 2.45) is 0 Å². The normalized spacial score (nSPS) is 15.9. The standard InChI is InChI=1S/C59H55N3O/c1-37(2)44-34-52(38(3)4)57(63)53(35-44)58-61-56-51(20-15-21-55(56)62(58)50-29-39(5)28-45(33-50)40-16-11-9-12-17-40)47-30-46(41-18-13-10-14-19-41)31-48(32-47)54-36-43(26-27-60-54)42-22-24-49(25-23-42)59(6,7)8/h9-38,63H,1-8H3/i6D3,7D3,8D3,22D,23D,24D,25D,26D,36D. The molecule has 2 heterocycles. The van der Waals surface area contributed by atoms with Gasteiger partial charge in [0.25, 0.3) is 0 Å². The third-order valence-electron chi connectivity index (χ3n) is 11.3. The van der Waals surface area contributed by atoms with Crippen molar-refractivity contribution in [1.82, 2.24) is 14.5 Å². The number of pyridine rings is 1. The molecule has 0 atom stereocenters. The minimum Gasteiger partial charge on any atom is -0.507 e. The molecule has 0 radical (unpaired) electrons.